The van der Waals surface area contributed by atoms with Gasteiger partial charge in [-0.25, -0.2) is 0 Å². The summed E-state index contributed by atoms with van der Waals surface area (Å²) in [5.41, 5.74) is 2.82. The predicted octanol–water partition coefficient (Wildman–Crippen LogP) is 4.75. The lowest BCUT2D eigenvalue weighted by atomic mass is 9.88. The highest BCUT2D eigenvalue weighted by Crippen LogP contribution is 2.33. The standard InChI is InChI=1S/C35H37F2N3O4/c36-35(37,34(44)38-21-20-25-12-4-1-5-13-25)32(42)29-18-10-23-40(29)33(43)30-19-11-22-39(30)31(41)24-28(26-14-6-2-7-15-26)27-16-8-3-9-17-27/h1-9,12-17,28-30H,10-11,18-24H2,(H,38,44)/t29?,30-/m1/s1. The quantitative estimate of drug-likeness (QED) is 0.322. The van der Waals surface area contributed by atoms with Gasteiger partial charge in [0.2, 0.25) is 17.6 Å². The SMILES string of the molecule is O=C([C@H]1CCCN1C(=O)CC(c1ccccc1)c1ccccc1)N1CCCC1C(=O)C(F)(F)C(=O)NCCc1ccccc1. The number of Topliss-reactive ketones (excluding diaryl/α,β-unsaturated/α-hetero) is 1. The van der Waals surface area contributed by atoms with Crippen LogP contribution in [0.1, 0.15) is 54.7 Å². The van der Waals surface area contributed by atoms with E-state index in [-0.39, 0.29) is 37.8 Å². The van der Waals surface area contributed by atoms with Crippen LogP contribution in [0.2, 0.25) is 0 Å². The number of alkyl halides is 2. The Labute approximate surface area is 256 Å². The summed E-state index contributed by atoms with van der Waals surface area (Å²) in [6.45, 7) is 0.444. The highest BCUT2D eigenvalue weighted by atomic mass is 19.3. The molecular weight excluding hydrogens is 564 g/mol. The van der Waals surface area contributed by atoms with Gasteiger partial charge in [-0.1, -0.05) is 91.0 Å². The summed E-state index contributed by atoms with van der Waals surface area (Å²) in [5.74, 6) is -8.46. The number of halogens is 2. The second-order valence-corrected chi connectivity index (χ2v) is 11.4. The number of hydrogen-bond acceptors (Lipinski definition) is 4. The monoisotopic (exact) mass is 601 g/mol. The maximum atomic E-state index is 15.1. The van der Waals surface area contributed by atoms with Crippen molar-refractivity contribution in [2.75, 3.05) is 19.6 Å². The van der Waals surface area contributed by atoms with Crippen LogP contribution in [0.4, 0.5) is 8.78 Å². The van der Waals surface area contributed by atoms with E-state index in [1.54, 1.807) is 0 Å². The van der Waals surface area contributed by atoms with Gasteiger partial charge in [-0.3, -0.25) is 19.2 Å². The smallest absolute Gasteiger partial charge is 0.350 e. The number of carbonyl (C=O) groups excluding carboxylic acids is 4. The third kappa shape index (κ3) is 6.87. The molecule has 7 nitrogen and oxygen atoms in total. The molecule has 3 aromatic carbocycles. The van der Waals surface area contributed by atoms with Crippen LogP contribution in [-0.4, -0.2) is 70.9 Å². The number of rotatable bonds is 11. The van der Waals surface area contributed by atoms with E-state index in [9.17, 15) is 19.2 Å². The summed E-state index contributed by atoms with van der Waals surface area (Å²) >= 11 is 0. The van der Waals surface area contributed by atoms with Gasteiger partial charge in [-0.2, -0.15) is 8.78 Å². The van der Waals surface area contributed by atoms with Crippen molar-refractivity contribution in [3.05, 3.63) is 108 Å². The van der Waals surface area contributed by atoms with Gasteiger partial charge in [0.15, 0.2) is 0 Å². The Hall–Kier alpha value is -4.40. The van der Waals surface area contributed by atoms with Gasteiger partial charge in [0.05, 0.1) is 6.04 Å². The number of ketones is 1. The molecule has 2 heterocycles. The fraction of sp³-hybridized carbons (Fsp3) is 0.371. The third-order valence-corrected chi connectivity index (χ3v) is 8.62. The molecule has 1 unspecified atom stereocenters. The van der Waals surface area contributed by atoms with Crippen molar-refractivity contribution in [2.45, 2.75) is 62.4 Å². The van der Waals surface area contributed by atoms with Gasteiger partial charge in [0.25, 0.3) is 5.91 Å². The van der Waals surface area contributed by atoms with E-state index in [1.807, 2.05) is 91.0 Å². The lowest BCUT2D eigenvalue weighted by Gasteiger charge is -2.32. The van der Waals surface area contributed by atoms with Gasteiger partial charge < -0.3 is 15.1 Å². The molecule has 0 aromatic heterocycles. The van der Waals surface area contributed by atoms with E-state index in [0.29, 0.717) is 32.2 Å². The summed E-state index contributed by atoms with van der Waals surface area (Å²) in [4.78, 5) is 55.7. The minimum atomic E-state index is -4.28. The molecule has 0 spiro atoms. The molecule has 0 radical (unpaired) electrons. The van der Waals surface area contributed by atoms with Crippen molar-refractivity contribution in [3.63, 3.8) is 0 Å². The second kappa shape index (κ2) is 13.9. The lowest BCUT2D eigenvalue weighted by molar-refractivity contribution is -0.163. The highest BCUT2D eigenvalue weighted by molar-refractivity contribution is 6.10. The van der Waals surface area contributed by atoms with Gasteiger partial charge in [0, 0.05) is 32.0 Å². The molecule has 0 aliphatic carbocycles. The van der Waals surface area contributed by atoms with Crippen LogP contribution in [0, 0.1) is 0 Å². The fourth-order valence-corrected chi connectivity index (χ4v) is 6.30. The lowest BCUT2D eigenvalue weighted by Crippen LogP contribution is -2.56. The molecule has 9 heteroatoms. The molecule has 5 rings (SSSR count). The number of hydrogen-bond donors (Lipinski definition) is 1. The minimum Gasteiger partial charge on any atom is -0.350 e. The van der Waals surface area contributed by atoms with Crippen molar-refractivity contribution in [1.82, 2.24) is 15.1 Å². The number of carbonyl (C=O) groups is 4. The first-order valence-corrected chi connectivity index (χ1v) is 15.2. The van der Waals surface area contributed by atoms with Crippen LogP contribution in [0.5, 0.6) is 0 Å². The first kappa shape index (κ1) is 31.0. The maximum absolute atomic E-state index is 15.1. The molecule has 3 aromatic rings. The van der Waals surface area contributed by atoms with Gasteiger partial charge >= 0.3 is 5.92 Å². The molecular formula is C35H37F2N3O4. The fourth-order valence-electron chi connectivity index (χ4n) is 6.30. The van der Waals surface area contributed by atoms with Gasteiger partial charge in [-0.15, -0.1) is 0 Å². The molecule has 0 bridgehead atoms. The van der Waals surface area contributed by atoms with Crippen molar-refractivity contribution in [3.8, 4) is 0 Å². The summed E-state index contributed by atoms with van der Waals surface area (Å²) in [6, 6.07) is 26.2. The van der Waals surface area contributed by atoms with E-state index >= 15 is 8.78 Å². The average molecular weight is 602 g/mol. The summed E-state index contributed by atoms with van der Waals surface area (Å²) in [5, 5.41) is 2.18. The minimum absolute atomic E-state index is 0.0439. The second-order valence-electron chi connectivity index (χ2n) is 11.4. The van der Waals surface area contributed by atoms with E-state index in [2.05, 4.69) is 5.32 Å². The third-order valence-electron chi connectivity index (χ3n) is 8.62. The molecule has 2 atom stereocenters. The molecule has 44 heavy (non-hydrogen) atoms. The molecule has 2 aliphatic rings. The van der Waals surface area contributed by atoms with Crippen molar-refractivity contribution in [2.24, 2.45) is 0 Å². The number of benzene rings is 3. The van der Waals surface area contributed by atoms with Crippen LogP contribution in [0.3, 0.4) is 0 Å². The average Bonchev–Trinajstić information content (AvgIpc) is 3.75. The Bertz CT molecular complexity index is 1410. The first-order chi connectivity index (χ1) is 21.3. The van der Waals surface area contributed by atoms with E-state index in [1.165, 1.54) is 4.90 Å². The Kier molecular flexibility index (Phi) is 9.82. The largest absolute Gasteiger partial charge is 0.383 e. The van der Waals surface area contributed by atoms with E-state index < -0.39 is 35.6 Å². The predicted molar refractivity (Wildman–Crippen MR) is 162 cm³/mol. The summed E-state index contributed by atoms with van der Waals surface area (Å²) in [6.07, 6.45) is 1.86. The highest BCUT2D eigenvalue weighted by Gasteiger charge is 2.54. The molecule has 0 saturated carbocycles. The zero-order valence-corrected chi connectivity index (χ0v) is 24.5. The molecule has 2 aliphatic heterocycles. The van der Waals surface area contributed by atoms with Crippen LogP contribution < -0.4 is 5.32 Å². The van der Waals surface area contributed by atoms with Crippen LogP contribution in [0.25, 0.3) is 0 Å². The van der Waals surface area contributed by atoms with Crippen LogP contribution in [-0.2, 0) is 25.6 Å². The molecule has 230 valence electrons. The Morgan fingerprint density at radius 2 is 1.27 bits per heavy atom. The Morgan fingerprint density at radius 3 is 1.86 bits per heavy atom. The molecule has 2 fully saturated rings. The molecule has 2 saturated heterocycles. The Balaban J connectivity index is 1.25. The molecule has 1 N–H and O–H groups in total. The molecule has 3 amide bonds. The first-order valence-electron chi connectivity index (χ1n) is 15.2. The summed E-state index contributed by atoms with van der Waals surface area (Å²) < 4.78 is 30.2. The van der Waals surface area contributed by atoms with Crippen molar-refractivity contribution >= 4 is 23.5 Å². The summed E-state index contributed by atoms with van der Waals surface area (Å²) in [7, 11) is 0. The number of likely N-dealkylation sites (tertiary alicyclic amines) is 2. The van der Waals surface area contributed by atoms with E-state index in [0.717, 1.165) is 21.6 Å². The maximum Gasteiger partial charge on any atom is 0.383 e. The van der Waals surface area contributed by atoms with Gasteiger partial charge in [-0.05, 0) is 48.8 Å². The zero-order valence-electron chi connectivity index (χ0n) is 24.5. The van der Waals surface area contributed by atoms with Crippen LogP contribution in [0.15, 0.2) is 91.0 Å². The van der Waals surface area contributed by atoms with Gasteiger partial charge in [0.1, 0.15) is 6.04 Å². The number of amides is 3. The Morgan fingerprint density at radius 1 is 0.750 bits per heavy atom. The zero-order chi connectivity index (χ0) is 31.1. The van der Waals surface area contributed by atoms with E-state index in [4.69, 9.17) is 0 Å². The van der Waals surface area contributed by atoms with Crippen molar-refractivity contribution < 1.29 is 28.0 Å². The normalized spacial score (nSPS) is 18.4. The van der Waals surface area contributed by atoms with Crippen LogP contribution >= 0.6 is 0 Å². The number of nitrogens with one attached hydrogen (secondary N) is 1. The van der Waals surface area contributed by atoms with Crippen molar-refractivity contribution in [1.29, 1.82) is 0 Å². The number of nitrogens with zero attached hydrogens (tertiary/aromatic N) is 2. The topological polar surface area (TPSA) is 86.8 Å².